The minimum atomic E-state index is -3.73. The zero-order valence-electron chi connectivity index (χ0n) is 14.4. The van der Waals surface area contributed by atoms with Crippen LogP contribution >= 0.6 is 0 Å². The lowest BCUT2D eigenvalue weighted by Crippen LogP contribution is -2.42. The summed E-state index contributed by atoms with van der Waals surface area (Å²) in [5, 5.41) is 0. The average molecular weight is 362 g/mol. The number of esters is 1. The number of ether oxygens (including phenoxy) is 1. The van der Waals surface area contributed by atoms with Gasteiger partial charge in [0, 0.05) is 18.7 Å². The van der Waals surface area contributed by atoms with Crippen LogP contribution in [0.3, 0.4) is 0 Å². The van der Waals surface area contributed by atoms with Gasteiger partial charge < -0.3 is 9.64 Å². The van der Waals surface area contributed by atoms with Gasteiger partial charge in [-0.2, -0.15) is 8.42 Å². The lowest BCUT2D eigenvalue weighted by molar-refractivity contribution is -0.149. The molecule has 0 aromatic heterocycles. The molecular weight excluding hydrogens is 340 g/mol. The normalized spacial score (nSPS) is 22.7. The number of hydrogen-bond acceptors (Lipinski definition) is 5. The molecular formula is C18H22N2O4S. The molecule has 25 heavy (non-hydrogen) atoms. The first-order chi connectivity index (χ1) is 11.9. The largest absolute Gasteiger partial charge is 0.466 e. The van der Waals surface area contributed by atoms with Crippen molar-refractivity contribution >= 4 is 26.7 Å². The van der Waals surface area contributed by atoms with Crippen LogP contribution in [0.2, 0.25) is 0 Å². The van der Waals surface area contributed by atoms with Crippen molar-refractivity contribution in [3.05, 3.63) is 41.5 Å². The summed E-state index contributed by atoms with van der Waals surface area (Å²) in [5.41, 5.74) is 1.27. The Kier molecular flexibility index (Phi) is 4.94. The number of amidine groups is 1. The maximum atomic E-state index is 12.6. The summed E-state index contributed by atoms with van der Waals surface area (Å²) in [5.74, 6) is -0.0147. The molecule has 134 valence electrons. The summed E-state index contributed by atoms with van der Waals surface area (Å²) in [6.45, 7) is 5.03. The van der Waals surface area contributed by atoms with Crippen molar-refractivity contribution in [1.29, 1.82) is 0 Å². The van der Waals surface area contributed by atoms with Crippen molar-refractivity contribution in [2.75, 3.05) is 19.7 Å². The van der Waals surface area contributed by atoms with Gasteiger partial charge >= 0.3 is 5.97 Å². The standard InChI is InChI=1S/C18H22N2O4S/c1-3-24-18(21)15-10-7-11-20(12-15)17-13(2)16(25(22,23)19-17)14-8-5-4-6-9-14/h4-6,8-9,15H,3,7,10-12H2,1-2H3/t15-/m0/s1. The van der Waals surface area contributed by atoms with Crippen LogP contribution in [0.15, 0.2) is 40.3 Å². The molecule has 2 heterocycles. The third-order valence-corrected chi connectivity index (χ3v) is 5.99. The molecule has 1 aromatic carbocycles. The number of nitrogens with zero attached hydrogens (tertiary/aromatic N) is 2. The zero-order chi connectivity index (χ0) is 18.0. The first kappa shape index (κ1) is 17.7. The molecule has 7 heteroatoms. The molecule has 0 aliphatic carbocycles. The van der Waals surface area contributed by atoms with Crippen LogP contribution in [0.25, 0.3) is 4.91 Å². The molecule has 0 spiro atoms. The number of benzene rings is 1. The van der Waals surface area contributed by atoms with Gasteiger partial charge in [-0.25, -0.2) is 0 Å². The summed E-state index contributed by atoms with van der Waals surface area (Å²) in [4.78, 5) is 14.2. The highest BCUT2D eigenvalue weighted by molar-refractivity contribution is 8.00. The van der Waals surface area contributed by atoms with Gasteiger partial charge in [0.15, 0.2) is 0 Å². The van der Waals surface area contributed by atoms with E-state index in [9.17, 15) is 13.2 Å². The first-order valence-electron chi connectivity index (χ1n) is 8.47. The van der Waals surface area contributed by atoms with Crippen molar-refractivity contribution in [1.82, 2.24) is 4.90 Å². The molecule has 1 fully saturated rings. The van der Waals surface area contributed by atoms with Gasteiger partial charge in [-0.3, -0.25) is 4.79 Å². The fourth-order valence-electron chi connectivity index (χ4n) is 3.39. The number of hydrogen-bond donors (Lipinski definition) is 0. The van der Waals surface area contributed by atoms with E-state index >= 15 is 0 Å². The molecule has 2 aliphatic rings. The van der Waals surface area contributed by atoms with Crippen molar-refractivity contribution < 1.29 is 17.9 Å². The molecule has 0 saturated carbocycles. The number of likely N-dealkylation sites (tertiary alicyclic amines) is 1. The minimum absolute atomic E-state index is 0.224. The molecule has 1 aromatic rings. The van der Waals surface area contributed by atoms with Crippen LogP contribution in [0.5, 0.6) is 0 Å². The van der Waals surface area contributed by atoms with Crippen molar-refractivity contribution in [3.63, 3.8) is 0 Å². The Bertz CT molecular complexity index is 828. The van der Waals surface area contributed by atoms with E-state index in [1.165, 1.54) is 0 Å². The van der Waals surface area contributed by atoms with Gasteiger partial charge in [0.2, 0.25) is 0 Å². The second-order valence-electron chi connectivity index (χ2n) is 6.25. The van der Waals surface area contributed by atoms with E-state index in [0.29, 0.717) is 36.7 Å². The number of carbonyl (C=O) groups excluding carboxylic acids is 1. The molecule has 0 bridgehead atoms. The van der Waals surface area contributed by atoms with Gasteiger partial charge in [0.25, 0.3) is 10.0 Å². The number of carbonyl (C=O) groups is 1. The Labute approximate surface area is 148 Å². The quantitative estimate of drug-likeness (QED) is 0.772. The van der Waals surface area contributed by atoms with Crippen LogP contribution in [0.1, 0.15) is 32.3 Å². The Balaban J connectivity index is 1.90. The maximum Gasteiger partial charge on any atom is 0.310 e. The van der Waals surface area contributed by atoms with Gasteiger partial charge in [-0.1, -0.05) is 30.3 Å². The fourth-order valence-corrected chi connectivity index (χ4v) is 4.88. The highest BCUT2D eigenvalue weighted by Crippen LogP contribution is 2.34. The molecule has 2 aliphatic heterocycles. The predicted octanol–water partition coefficient (Wildman–Crippen LogP) is 2.43. The van der Waals surface area contributed by atoms with Crippen LogP contribution in [0.4, 0.5) is 0 Å². The number of piperidine rings is 1. The summed E-state index contributed by atoms with van der Waals surface area (Å²) in [6, 6.07) is 9.00. The molecule has 0 radical (unpaired) electrons. The second-order valence-corrected chi connectivity index (χ2v) is 7.79. The summed E-state index contributed by atoms with van der Waals surface area (Å²) < 4.78 is 34.3. The Morgan fingerprint density at radius 2 is 2.04 bits per heavy atom. The van der Waals surface area contributed by atoms with Gasteiger partial charge in [-0.05, 0) is 32.3 Å². The Morgan fingerprint density at radius 3 is 2.72 bits per heavy atom. The summed E-state index contributed by atoms with van der Waals surface area (Å²) in [7, 11) is -3.73. The highest BCUT2D eigenvalue weighted by Gasteiger charge is 2.36. The molecule has 6 nitrogen and oxygen atoms in total. The van der Waals surface area contributed by atoms with E-state index in [1.807, 2.05) is 11.0 Å². The van der Waals surface area contributed by atoms with E-state index in [-0.39, 0.29) is 16.8 Å². The monoisotopic (exact) mass is 362 g/mol. The lowest BCUT2D eigenvalue weighted by atomic mass is 9.97. The lowest BCUT2D eigenvalue weighted by Gasteiger charge is -2.33. The third kappa shape index (κ3) is 3.46. The van der Waals surface area contributed by atoms with Crippen LogP contribution in [-0.4, -0.2) is 44.8 Å². The van der Waals surface area contributed by atoms with E-state index < -0.39 is 10.0 Å². The number of sulfonamides is 1. The SMILES string of the molecule is CCOC(=O)[C@H]1CCCN(C2=NS(=O)(=O)C(c3ccccc3)=C2C)C1. The maximum absolute atomic E-state index is 12.6. The minimum Gasteiger partial charge on any atom is -0.466 e. The molecule has 1 atom stereocenters. The highest BCUT2D eigenvalue weighted by atomic mass is 32.2. The average Bonchev–Trinajstić information content (AvgIpc) is 2.85. The zero-order valence-corrected chi connectivity index (χ0v) is 15.3. The fraction of sp³-hybridized carbons (Fsp3) is 0.444. The van der Waals surface area contributed by atoms with Crippen molar-refractivity contribution in [2.24, 2.45) is 10.3 Å². The predicted molar refractivity (Wildman–Crippen MR) is 96.3 cm³/mol. The molecule has 0 amide bonds. The summed E-state index contributed by atoms with van der Waals surface area (Å²) in [6.07, 6.45) is 1.56. The Morgan fingerprint density at radius 1 is 1.32 bits per heavy atom. The van der Waals surface area contributed by atoms with E-state index in [4.69, 9.17) is 4.74 Å². The van der Waals surface area contributed by atoms with Crippen LogP contribution in [0, 0.1) is 5.92 Å². The third-order valence-electron chi connectivity index (χ3n) is 4.52. The van der Waals surface area contributed by atoms with E-state index in [2.05, 4.69) is 4.40 Å². The molecule has 0 N–H and O–H groups in total. The Hall–Kier alpha value is -2.15. The van der Waals surface area contributed by atoms with Crippen LogP contribution in [-0.2, 0) is 19.6 Å². The smallest absolute Gasteiger partial charge is 0.310 e. The summed E-state index contributed by atoms with van der Waals surface area (Å²) >= 11 is 0. The van der Waals surface area contributed by atoms with Crippen LogP contribution < -0.4 is 0 Å². The van der Waals surface area contributed by atoms with Gasteiger partial charge in [0.05, 0.1) is 12.5 Å². The molecule has 3 rings (SSSR count). The van der Waals surface area contributed by atoms with Crippen molar-refractivity contribution in [3.8, 4) is 0 Å². The topological polar surface area (TPSA) is 76.0 Å². The van der Waals surface area contributed by atoms with Gasteiger partial charge in [-0.15, -0.1) is 4.40 Å². The number of rotatable bonds is 3. The molecule has 0 unspecified atom stereocenters. The van der Waals surface area contributed by atoms with E-state index in [0.717, 1.165) is 12.8 Å². The molecule has 1 saturated heterocycles. The second kappa shape index (κ2) is 7.00. The first-order valence-corrected chi connectivity index (χ1v) is 9.91. The van der Waals surface area contributed by atoms with Crippen molar-refractivity contribution in [2.45, 2.75) is 26.7 Å². The van der Waals surface area contributed by atoms with E-state index in [1.54, 1.807) is 38.1 Å². The van der Waals surface area contributed by atoms with Gasteiger partial charge in [0.1, 0.15) is 10.7 Å².